The number of hydrogen-bond acceptors (Lipinski definition) is 4. The van der Waals surface area contributed by atoms with Crippen LogP contribution in [-0.4, -0.2) is 45.2 Å². The van der Waals surface area contributed by atoms with Gasteiger partial charge in [0, 0.05) is 32.0 Å². The van der Waals surface area contributed by atoms with Gasteiger partial charge in [0.15, 0.2) is 0 Å². The predicted molar refractivity (Wildman–Crippen MR) is 109 cm³/mol. The molecule has 0 bridgehead atoms. The summed E-state index contributed by atoms with van der Waals surface area (Å²) in [6.07, 6.45) is 6.84. The van der Waals surface area contributed by atoms with Crippen molar-refractivity contribution in [3.63, 3.8) is 0 Å². The summed E-state index contributed by atoms with van der Waals surface area (Å²) in [5.74, 6) is 2.37. The van der Waals surface area contributed by atoms with Crippen LogP contribution in [0.25, 0.3) is 0 Å². The molecule has 0 radical (unpaired) electrons. The van der Waals surface area contributed by atoms with E-state index in [9.17, 15) is 9.18 Å². The maximum Gasteiger partial charge on any atom is 0.234 e. The zero-order chi connectivity index (χ0) is 20.2. The fourth-order valence-corrected chi connectivity index (χ4v) is 4.50. The maximum atomic E-state index is 13.4. The lowest BCUT2D eigenvalue weighted by molar-refractivity contribution is -0.122. The number of carbonyl (C=O) groups is 1. The van der Waals surface area contributed by atoms with E-state index in [0.29, 0.717) is 24.6 Å². The molecule has 2 aliphatic heterocycles. The summed E-state index contributed by atoms with van der Waals surface area (Å²) in [5, 5.41) is 11.9. The Bertz CT molecular complexity index is 865. The standard InChI is InChI=1S/C22H30FN5O/c1-16-12-17(8-9-19(16)23)13-24-21(29)15-27-10-5-6-18(14-27)22-26-25-20-7-3-2-4-11-28(20)22/h8-9,12,18H,2-7,10-11,13-15H2,1H3,(H,24,29). The van der Waals surface area contributed by atoms with Gasteiger partial charge in [0.1, 0.15) is 17.5 Å². The van der Waals surface area contributed by atoms with E-state index in [1.165, 1.54) is 25.3 Å². The molecule has 2 aliphatic rings. The summed E-state index contributed by atoms with van der Waals surface area (Å²) in [6.45, 7) is 5.35. The van der Waals surface area contributed by atoms with Gasteiger partial charge in [0.25, 0.3) is 0 Å². The Kier molecular flexibility index (Phi) is 6.23. The predicted octanol–water partition coefficient (Wildman–Crippen LogP) is 2.95. The third-order valence-electron chi connectivity index (χ3n) is 6.09. The normalized spacial score (nSPS) is 20.1. The van der Waals surface area contributed by atoms with Crippen molar-refractivity contribution in [2.24, 2.45) is 0 Å². The average Bonchev–Trinajstić information content (AvgIpc) is 2.97. The van der Waals surface area contributed by atoms with E-state index in [2.05, 4.69) is 25.0 Å². The molecule has 4 rings (SSSR count). The van der Waals surface area contributed by atoms with Gasteiger partial charge in [-0.05, 0) is 56.3 Å². The first-order valence-electron chi connectivity index (χ1n) is 10.8. The molecule has 1 aromatic heterocycles. The van der Waals surface area contributed by atoms with Crippen molar-refractivity contribution in [1.29, 1.82) is 0 Å². The van der Waals surface area contributed by atoms with Gasteiger partial charge in [0.2, 0.25) is 5.91 Å². The molecular weight excluding hydrogens is 369 g/mol. The number of hydrogen-bond donors (Lipinski definition) is 1. The van der Waals surface area contributed by atoms with E-state index in [1.807, 2.05) is 0 Å². The van der Waals surface area contributed by atoms with E-state index in [-0.39, 0.29) is 11.7 Å². The molecule has 1 fully saturated rings. The quantitative estimate of drug-likeness (QED) is 0.840. The van der Waals surface area contributed by atoms with Crippen molar-refractivity contribution in [2.45, 2.75) is 64.5 Å². The van der Waals surface area contributed by atoms with Crippen molar-refractivity contribution < 1.29 is 9.18 Å². The van der Waals surface area contributed by atoms with Gasteiger partial charge in [-0.15, -0.1) is 10.2 Å². The first-order chi connectivity index (χ1) is 14.1. The fraction of sp³-hybridized carbons (Fsp3) is 0.591. The summed E-state index contributed by atoms with van der Waals surface area (Å²) in [7, 11) is 0. The number of carbonyl (C=O) groups excluding carboxylic acids is 1. The number of nitrogens with zero attached hydrogens (tertiary/aromatic N) is 4. The van der Waals surface area contributed by atoms with Crippen LogP contribution in [0.2, 0.25) is 0 Å². The minimum absolute atomic E-state index is 0.00713. The highest BCUT2D eigenvalue weighted by Gasteiger charge is 2.28. The second-order valence-corrected chi connectivity index (χ2v) is 8.37. The molecule has 1 atom stereocenters. The fourth-order valence-electron chi connectivity index (χ4n) is 4.50. The number of aromatic nitrogens is 3. The molecule has 1 amide bonds. The summed E-state index contributed by atoms with van der Waals surface area (Å²) in [6, 6.07) is 4.95. The molecular formula is C22H30FN5O. The Morgan fingerprint density at radius 3 is 2.97 bits per heavy atom. The Balaban J connectivity index is 1.32. The Morgan fingerprint density at radius 2 is 2.10 bits per heavy atom. The second kappa shape index (κ2) is 9.03. The Hall–Kier alpha value is -2.28. The molecule has 29 heavy (non-hydrogen) atoms. The Morgan fingerprint density at radius 1 is 1.21 bits per heavy atom. The Labute approximate surface area is 171 Å². The van der Waals surface area contributed by atoms with Gasteiger partial charge < -0.3 is 9.88 Å². The molecule has 0 spiro atoms. The number of aryl methyl sites for hydroxylation is 2. The highest BCUT2D eigenvalue weighted by atomic mass is 19.1. The molecule has 156 valence electrons. The van der Waals surface area contributed by atoms with E-state index in [1.54, 1.807) is 19.1 Å². The molecule has 2 aromatic rings. The monoisotopic (exact) mass is 399 g/mol. The van der Waals surface area contributed by atoms with Crippen molar-refractivity contribution in [3.8, 4) is 0 Å². The van der Waals surface area contributed by atoms with Crippen molar-refractivity contribution in [3.05, 3.63) is 46.8 Å². The van der Waals surface area contributed by atoms with Gasteiger partial charge in [-0.3, -0.25) is 9.69 Å². The minimum Gasteiger partial charge on any atom is -0.351 e. The number of rotatable bonds is 5. The van der Waals surface area contributed by atoms with Crippen LogP contribution >= 0.6 is 0 Å². The second-order valence-electron chi connectivity index (χ2n) is 8.37. The number of fused-ring (bicyclic) bond motifs is 1. The number of likely N-dealkylation sites (tertiary alicyclic amines) is 1. The molecule has 3 heterocycles. The molecule has 1 N–H and O–H groups in total. The van der Waals surface area contributed by atoms with E-state index >= 15 is 0 Å². The van der Waals surface area contributed by atoms with Gasteiger partial charge in [-0.1, -0.05) is 18.6 Å². The van der Waals surface area contributed by atoms with Crippen LogP contribution < -0.4 is 5.32 Å². The van der Waals surface area contributed by atoms with Crippen LogP contribution in [0.5, 0.6) is 0 Å². The summed E-state index contributed by atoms with van der Waals surface area (Å²) in [5.41, 5.74) is 1.52. The number of halogens is 1. The molecule has 1 saturated heterocycles. The van der Waals surface area contributed by atoms with E-state index in [0.717, 1.165) is 56.1 Å². The van der Waals surface area contributed by atoms with Crippen LogP contribution in [0.4, 0.5) is 4.39 Å². The highest BCUT2D eigenvalue weighted by Crippen LogP contribution is 2.27. The maximum absolute atomic E-state index is 13.4. The molecule has 1 unspecified atom stereocenters. The van der Waals surface area contributed by atoms with Gasteiger partial charge in [-0.2, -0.15) is 0 Å². The molecule has 0 aliphatic carbocycles. The van der Waals surface area contributed by atoms with Crippen LogP contribution in [-0.2, 0) is 24.3 Å². The minimum atomic E-state index is -0.217. The molecule has 7 heteroatoms. The average molecular weight is 400 g/mol. The van der Waals surface area contributed by atoms with Gasteiger partial charge >= 0.3 is 0 Å². The molecule has 6 nitrogen and oxygen atoms in total. The van der Waals surface area contributed by atoms with Crippen molar-refractivity contribution >= 4 is 5.91 Å². The smallest absolute Gasteiger partial charge is 0.234 e. The number of amides is 1. The van der Waals surface area contributed by atoms with Crippen LogP contribution in [0.1, 0.15) is 60.8 Å². The molecule has 1 aromatic carbocycles. The first-order valence-corrected chi connectivity index (χ1v) is 10.8. The third-order valence-corrected chi connectivity index (χ3v) is 6.09. The number of piperidine rings is 1. The zero-order valence-electron chi connectivity index (χ0n) is 17.2. The summed E-state index contributed by atoms with van der Waals surface area (Å²) < 4.78 is 15.7. The number of benzene rings is 1. The van der Waals surface area contributed by atoms with E-state index < -0.39 is 0 Å². The summed E-state index contributed by atoms with van der Waals surface area (Å²) in [4.78, 5) is 14.7. The van der Waals surface area contributed by atoms with E-state index in [4.69, 9.17) is 0 Å². The van der Waals surface area contributed by atoms with Gasteiger partial charge in [-0.25, -0.2) is 4.39 Å². The lowest BCUT2D eigenvalue weighted by Gasteiger charge is -2.31. The topological polar surface area (TPSA) is 63.1 Å². The first kappa shape index (κ1) is 20.0. The van der Waals surface area contributed by atoms with Crippen molar-refractivity contribution in [1.82, 2.24) is 25.0 Å². The lowest BCUT2D eigenvalue weighted by atomic mass is 9.97. The zero-order valence-corrected chi connectivity index (χ0v) is 17.2. The largest absolute Gasteiger partial charge is 0.351 e. The van der Waals surface area contributed by atoms with Crippen LogP contribution in [0.15, 0.2) is 18.2 Å². The summed E-state index contributed by atoms with van der Waals surface area (Å²) >= 11 is 0. The van der Waals surface area contributed by atoms with Crippen molar-refractivity contribution in [2.75, 3.05) is 19.6 Å². The molecule has 0 saturated carbocycles. The van der Waals surface area contributed by atoms with Crippen LogP contribution in [0.3, 0.4) is 0 Å². The third kappa shape index (κ3) is 4.83. The van der Waals surface area contributed by atoms with Gasteiger partial charge in [0.05, 0.1) is 6.54 Å². The lowest BCUT2D eigenvalue weighted by Crippen LogP contribution is -2.42. The van der Waals surface area contributed by atoms with Crippen LogP contribution in [0, 0.1) is 12.7 Å². The number of nitrogens with one attached hydrogen (secondary N) is 1. The SMILES string of the molecule is Cc1cc(CNC(=O)CN2CCCC(c3nnc4n3CCCCC4)C2)ccc1F. The highest BCUT2D eigenvalue weighted by molar-refractivity contribution is 5.78.